The fourth-order valence-corrected chi connectivity index (χ4v) is 3.06. The number of carbonyl (C=O) groups is 2. The Morgan fingerprint density at radius 1 is 1.07 bits per heavy atom. The van der Waals surface area contributed by atoms with Crippen LogP contribution in [0.15, 0.2) is 65.5 Å². The van der Waals surface area contributed by atoms with Crippen LogP contribution >= 0.6 is 0 Å². The van der Waals surface area contributed by atoms with Crippen LogP contribution in [-0.2, 0) is 9.53 Å². The van der Waals surface area contributed by atoms with E-state index in [0.717, 1.165) is 16.8 Å². The topological polar surface area (TPSA) is 90.3 Å². The van der Waals surface area contributed by atoms with Crippen LogP contribution < -0.4 is 10.7 Å². The maximum absolute atomic E-state index is 12.9. The molecule has 1 N–H and O–H groups in total. The predicted molar refractivity (Wildman–Crippen MR) is 113 cm³/mol. The molecule has 0 aliphatic heterocycles. The van der Waals surface area contributed by atoms with E-state index in [1.54, 1.807) is 6.92 Å². The van der Waals surface area contributed by atoms with Gasteiger partial charge in [-0.3, -0.25) is 14.4 Å². The van der Waals surface area contributed by atoms with Gasteiger partial charge in [-0.05, 0) is 31.5 Å². The van der Waals surface area contributed by atoms with Gasteiger partial charge in [0.15, 0.2) is 5.69 Å². The lowest BCUT2D eigenvalue weighted by molar-refractivity contribution is -0.141. The third-order valence-electron chi connectivity index (χ3n) is 4.71. The van der Waals surface area contributed by atoms with Crippen LogP contribution in [-0.4, -0.2) is 28.8 Å². The lowest BCUT2D eigenvalue weighted by Gasteiger charge is -2.18. The van der Waals surface area contributed by atoms with E-state index < -0.39 is 23.3 Å². The van der Waals surface area contributed by atoms with E-state index in [2.05, 4.69) is 10.4 Å². The number of methoxy groups -OCH3 is 1. The van der Waals surface area contributed by atoms with Gasteiger partial charge in [-0.25, -0.2) is 4.68 Å². The van der Waals surface area contributed by atoms with Crippen LogP contribution in [0.25, 0.3) is 5.69 Å². The molecule has 0 saturated carbocycles. The molecule has 7 heteroatoms. The molecular weight excluding hydrogens is 382 g/mol. The summed E-state index contributed by atoms with van der Waals surface area (Å²) >= 11 is 0. The fraction of sp³-hybridized carbons (Fsp3) is 0.217. The number of rotatable bonds is 6. The van der Waals surface area contributed by atoms with Gasteiger partial charge < -0.3 is 10.1 Å². The van der Waals surface area contributed by atoms with Gasteiger partial charge in [0.05, 0.1) is 25.3 Å². The molecule has 154 valence electrons. The van der Waals surface area contributed by atoms with Gasteiger partial charge in [0.2, 0.25) is 5.43 Å². The molecule has 2 aromatic carbocycles. The van der Waals surface area contributed by atoms with E-state index in [1.165, 1.54) is 17.9 Å². The Hall–Kier alpha value is -3.74. The van der Waals surface area contributed by atoms with Crippen LogP contribution in [0.4, 0.5) is 0 Å². The minimum Gasteiger partial charge on any atom is -0.469 e. The molecule has 30 heavy (non-hydrogen) atoms. The molecule has 1 atom stereocenters. The molecule has 0 aliphatic rings. The van der Waals surface area contributed by atoms with E-state index in [9.17, 15) is 14.4 Å². The largest absolute Gasteiger partial charge is 0.469 e. The van der Waals surface area contributed by atoms with Crippen molar-refractivity contribution in [2.75, 3.05) is 7.11 Å². The molecule has 0 spiro atoms. The molecular formula is C23H23N3O4. The van der Waals surface area contributed by atoms with Crippen molar-refractivity contribution < 1.29 is 14.3 Å². The maximum atomic E-state index is 12.9. The zero-order valence-corrected chi connectivity index (χ0v) is 17.1. The van der Waals surface area contributed by atoms with E-state index in [1.807, 2.05) is 61.5 Å². The van der Waals surface area contributed by atoms with Crippen molar-refractivity contribution >= 4 is 11.9 Å². The molecule has 1 unspecified atom stereocenters. The first-order chi connectivity index (χ1) is 14.4. The number of para-hydroxylation sites is 1. The van der Waals surface area contributed by atoms with Gasteiger partial charge in [0.1, 0.15) is 0 Å². The molecule has 1 amide bonds. The quantitative estimate of drug-likeness (QED) is 0.637. The third-order valence-corrected chi connectivity index (χ3v) is 4.71. The summed E-state index contributed by atoms with van der Waals surface area (Å²) < 4.78 is 6.30. The molecule has 1 heterocycles. The average Bonchev–Trinajstić information content (AvgIpc) is 2.74. The molecule has 0 fully saturated rings. The van der Waals surface area contributed by atoms with Gasteiger partial charge >= 0.3 is 5.97 Å². The predicted octanol–water partition coefficient (Wildman–Crippen LogP) is 2.88. The summed E-state index contributed by atoms with van der Waals surface area (Å²) in [5.41, 5.74) is 2.38. The normalized spacial score (nSPS) is 11.6. The highest BCUT2D eigenvalue weighted by Crippen LogP contribution is 2.19. The van der Waals surface area contributed by atoms with Crippen LogP contribution in [0.5, 0.6) is 0 Å². The number of benzene rings is 2. The Bertz CT molecular complexity index is 1110. The Morgan fingerprint density at radius 2 is 1.73 bits per heavy atom. The van der Waals surface area contributed by atoms with Gasteiger partial charge in [0, 0.05) is 11.8 Å². The molecule has 7 nitrogen and oxygen atoms in total. The third kappa shape index (κ3) is 4.81. The number of amides is 1. The molecule has 0 aliphatic carbocycles. The second-order valence-electron chi connectivity index (χ2n) is 6.96. The standard InChI is InChI=1S/C23H23N3O4/c1-15-9-11-17(12-10-15)19(14-21(28)30-3)24-23(29)22-20(27)13-16(2)26(25-22)18-7-5-4-6-8-18/h4-13,19H,14H2,1-3H3,(H,24,29). The lowest BCUT2D eigenvalue weighted by atomic mass is 10.0. The number of hydrogen-bond acceptors (Lipinski definition) is 5. The molecule has 3 rings (SSSR count). The van der Waals surface area contributed by atoms with Crippen LogP contribution in [0.3, 0.4) is 0 Å². The highest BCUT2D eigenvalue weighted by molar-refractivity contribution is 5.92. The highest BCUT2D eigenvalue weighted by atomic mass is 16.5. The van der Waals surface area contributed by atoms with Crippen molar-refractivity contribution in [3.63, 3.8) is 0 Å². The summed E-state index contributed by atoms with van der Waals surface area (Å²) in [4.78, 5) is 37.3. The number of aromatic nitrogens is 2. The zero-order chi connectivity index (χ0) is 21.7. The Morgan fingerprint density at radius 3 is 2.37 bits per heavy atom. The molecule has 1 aromatic heterocycles. The highest BCUT2D eigenvalue weighted by Gasteiger charge is 2.23. The molecule has 0 bridgehead atoms. The number of ether oxygens (including phenoxy) is 1. The minimum atomic E-state index is -0.654. The van der Waals surface area contributed by atoms with E-state index in [0.29, 0.717) is 5.69 Å². The summed E-state index contributed by atoms with van der Waals surface area (Å²) in [6.45, 7) is 3.69. The van der Waals surface area contributed by atoms with Crippen molar-refractivity contribution in [3.05, 3.63) is 93.4 Å². The number of carbonyl (C=O) groups excluding carboxylic acids is 2. The van der Waals surface area contributed by atoms with Crippen molar-refractivity contribution in [1.29, 1.82) is 0 Å². The molecule has 0 radical (unpaired) electrons. The number of nitrogens with zero attached hydrogens (tertiary/aromatic N) is 2. The monoisotopic (exact) mass is 405 g/mol. The Balaban J connectivity index is 1.94. The smallest absolute Gasteiger partial charge is 0.307 e. The van der Waals surface area contributed by atoms with E-state index in [-0.39, 0.29) is 12.1 Å². The van der Waals surface area contributed by atoms with Gasteiger partial charge in [-0.15, -0.1) is 0 Å². The second kappa shape index (κ2) is 9.17. The van der Waals surface area contributed by atoms with Gasteiger partial charge in [-0.1, -0.05) is 48.0 Å². The average molecular weight is 405 g/mol. The summed E-state index contributed by atoms with van der Waals surface area (Å²) in [6, 6.07) is 17.4. The minimum absolute atomic E-state index is 0.0654. The SMILES string of the molecule is COC(=O)CC(NC(=O)c1nn(-c2ccccc2)c(C)cc1=O)c1ccc(C)cc1. The maximum Gasteiger partial charge on any atom is 0.307 e. The van der Waals surface area contributed by atoms with Gasteiger partial charge in [0.25, 0.3) is 5.91 Å². The van der Waals surface area contributed by atoms with Crippen LogP contribution in [0, 0.1) is 13.8 Å². The first-order valence-corrected chi connectivity index (χ1v) is 9.49. The van der Waals surface area contributed by atoms with Crippen molar-refractivity contribution in [3.8, 4) is 5.69 Å². The van der Waals surface area contributed by atoms with Crippen LogP contribution in [0.1, 0.15) is 39.8 Å². The molecule has 0 saturated heterocycles. The number of esters is 1. The number of hydrogen-bond donors (Lipinski definition) is 1. The lowest BCUT2D eigenvalue weighted by Crippen LogP contribution is -2.35. The summed E-state index contributed by atoms with van der Waals surface area (Å²) in [5.74, 6) is -1.13. The zero-order valence-electron chi connectivity index (χ0n) is 17.1. The van der Waals surface area contributed by atoms with E-state index in [4.69, 9.17) is 4.74 Å². The number of aryl methyl sites for hydroxylation is 2. The van der Waals surface area contributed by atoms with E-state index >= 15 is 0 Å². The molecule has 3 aromatic rings. The van der Waals surface area contributed by atoms with Crippen molar-refractivity contribution in [2.45, 2.75) is 26.3 Å². The van der Waals surface area contributed by atoms with Crippen molar-refractivity contribution in [2.24, 2.45) is 0 Å². The summed E-state index contributed by atoms with van der Waals surface area (Å²) in [5, 5.41) is 7.04. The summed E-state index contributed by atoms with van der Waals surface area (Å²) in [7, 11) is 1.29. The summed E-state index contributed by atoms with van der Waals surface area (Å²) in [6.07, 6.45) is -0.0654. The number of nitrogens with one attached hydrogen (secondary N) is 1. The Kier molecular flexibility index (Phi) is 6.41. The fourth-order valence-electron chi connectivity index (χ4n) is 3.06. The first-order valence-electron chi connectivity index (χ1n) is 9.49. The van der Waals surface area contributed by atoms with Gasteiger partial charge in [-0.2, -0.15) is 5.10 Å². The Labute approximate surface area is 174 Å². The first kappa shape index (κ1) is 21.0. The second-order valence-corrected chi connectivity index (χ2v) is 6.96. The van der Waals surface area contributed by atoms with Crippen molar-refractivity contribution in [1.82, 2.24) is 15.1 Å². The van der Waals surface area contributed by atoms with Crippen LogP contribution in [0.2, 0.25) is 0 Å².